The van der Waals surface area contributed by atoms with Gasteiger partial charge in [-0.3, -0.25) is 0 Å². The molecule has 0 radical (unpaired) electrons. The van der Waals surface area contributed by atoms with Crippen LogP contribution in [0.25, 0.3) is 0 Å². The van der Waals surface area contributed by atoms with Crippen molar-refractivity contribution in [3.8, 4) is 18.2 Å². The molecule has 0 saturated carbocycles. The third-order valence-corrected chi connectivity index (χ3v) is 4.88. The highest BCUT2D eigenvalue weighted by atomic mass is 14.7. The maximum absolute atomic E-state index is 9.66. The van der Waals surface area contributed by atoms with Gasteiger partial charge in [0.1, 0.15) is 6.07 Å². The van der Waals surface area contributed by atoms with E-state index in [1.54, 1.807) is 0 Å². The van der Waals surface area contributed by atoms with E-state index in [1.807, 2.05) is 0 Å². The molecule has 0 spiro atoms. The van der Waals surface area contributed by atoms with E-state index in [0.717, 1.165) is 31.3 Å². The van der Waals surface area contributed by atoms with E-state index in [-0.39, 0.29) is 17.5 Å². The van der Waals surface area contributed by atoms with E-state index in [9.17, 15) is 15.8 Å². The van der Waals surface area contributed by atoms with Gasteiger partial charge in [0.05, 0.1) is 23.4 Å². The molecule has 2 N–H and O–H groups in total. The normalized spacial score (nSPS) is 30.4. The number of hydrogen-bond donors (Lipinski definition) is 1. The molecule has 0 bridgehead atoms. The van der Waals surface area contributed by atoms with Crippen molar-refractivity contribution in [2.24, 2.45) is 28.9 Å². The van der Waals surface area contributed by atoms with Crippen molar-refractivity contribution in [3.05, 3.63) is 22.9 Å². The number of nitrogens with zero attached hydrogens (tertiary/aromatic N) is 3. The second kappa shape index (κ2) is 5.63. The van der Waals surface area contributed by atoms with Crippen LogP contribution in [0.1, 0.15) is 39.5 Å². The largest absolute Gasteiger partial charge is 0.399 e. The van der Waals surface area contributed by atoms with Gasteiger partial charge in [-0.05, 0) is 36.7 Å². The molecule has 0 aromatic rings. The van der Waals surface area contributed by atoms with Gasteiger partial charge in [0.25, 0.3) is 0 Å². The quantitative estimate of drug-likeness (QED) is 0.840. The number of allylic oxidation sites excluding steroid dienone is 4. The zero-order chi connectivity index (χ0) is 15.6. The SMILES string of the molecule is CCC[C@@H]1[C@@H]2C[C@@H](C)CC=C2C(C#N)=C(N)C1(C#N)C#N. The lowest BCUT2D eigenvalue weighted by molar-refractivity contribution is 0.200. The number of fused-ring (bicyclic) bond motifs is 1. The molecule has 0 aromatic heterocycles. The van der Waals surface area contributed by atoms with Crippen molar-refractivity contribution in [3.63, 3.8) is 0 Å². The summed E-state index contributed by atoms with van der Waals surface area (Å²) in [5.41, 5.74) is 6.25. The third kappa shape index (κ3) is 2.10. The highest BCUT2D eigenvalue weighted by Gasteiger charge is 2.52. The summed E-state index contributed by atoms with van der Waals surface area (Å²) in [5.74, 6) is 0.478. The van der Waals surface area contributed by atoms with Crippen LogP contribution in [-0.2, 0) is 0 Å². The first kappa shape index (κ1) is 15.1. The maximum Gasteiger partial charge on any atom is 0.187 e. The Bertz CT molecular complexity index is 607. The standard InChI is InChI=1S/C17H20N4/c1-3-4-15-13-7-11(2)5-6-12(13)14(8-18)16(21)17(15,9-19)10-20/h6,11,13,15H,3-5,7,21H2,1-2H3/t11-,13+,15+/m0/s1. The summed E-state index contributed by atoms with van der Waals surface area (Å²) in [4.78, 5) is 0. The van der Waals surface area contributed by atoms with Crippen LogP contribution in [0.2, 0.25) is 0 Å². The summed E-state index contributed by atoms with van der Waals surface area (Å²) in [6.45, 7) is 4.22. The Morgan fingerprint density at radius 3 is 2.52 bits per heavy atom. The fourth-order valence-electron chi connectivity index (χ4n) is 3.82. The number of nitriles is 3. The average Bonchev–Trinajstić information content (AvgIpc) is 2.49. The maximum atomic E-state index is 9.66. The van der Waals surface area contributed by atoms with Gasteiger partial charge in [-0.1, -0.05) is 26.3 Å². The van der Waals surface area contributed by atoms with Crippen molar-refractivity contribution in [1.82, 2.24) is 0 Å². The molecule has 2 aliphatic rings. The van der Waals surface area contributed by atoms with E-state index in [0.29, 0.717) is 11.5 Å². The topological polar surface area (TPSA) is 97.4 Å². The van der Waals surface area contributed by atoms with Crippen molar-refractivity contribution >= 4 is 0 Å². The van der Waals surface area contributed by atoms with Crippen LogP contribution in [0.15, 0.2) is 22.9 Å². The van der Waals surface area contributed by atoms with Crippen LogP contribution in [0, 0.1) is 57.2 Å². The molecule has 21 heavy (non-hydrogen) atoms. The Hall–Kier alpha value is -2.25. The third-order valence-electron chi connectivity index (χ3n) is 4.88. The molecule has 0 aromatic carbocycles. The van der Waals surface area contributed by atoms with Crippen molar-refractivity contribution in [1.29, 1.82) is 15.8 Å². The molecule has 0 fully saturated rings. The first-order valence-electron chi connectivity index (χ1n) is 7.48. The highest BCUT2D eigenvalue weighted by Crippen LogP contribution is 2.53. The Morgan fingerprint density at radius 2 is 2.00 bits per heavy atom. The fourth-order valence-corrected chi connectivity index (χ4v) is 3.82. The predicted molar refractivity (Wildman–Crippen MR) is 78.9 cm³/mol. The molecule has 0 aliphatic heterocycles. The summed E-state index contributed by atoms with van der Waals surface area (Å²) < 4.78 is 0. The van der Waals surface area contributed by atoms with Gasteiger partial charge >= 0.3 is 0 Å². The monoisotopic (exact) mass is 280 g/mol. The minimum Gasteiger partial charge on any atom is -0.399 e. The summed E-state index contributed by atoms with van der Waals surface area (Å²) in [6.07, 6.45) is 5.60. The van der Waals surface area contributed by atoms with Crippen LogP contribution < -0.4 is 5.73 Å². The molecule has 0 amide bonds. The lowest BCUT2D eigenvalue weighted by atomic mass is 9.56. The van der Waals surface area contributed by atoms with E-state index in [4.69, 9.17) is 5.73 Å². The van der Waals surface area contributed by atoms with E-state index < -0.39 is 5.41 Å². The van der Waals surface area contributed by atoms with Gasteiger partial charge in [-0.25, -0.2) is 0 Å². The molecule has 0 heterocycles. The molecule has 0 saturated heterocycles. The molecular weight excluding hydrogens is 260 g/mol. The van der Waals surface area contributed by atoms with Crippen molar-refractivity contribution in [2.45, 2.75) is 39.5 Å². The van der Waals surface area contributed by atoms with Crippen LogP contribution in [-0.4, -0.2) is 0 Å². The minimum absolute atomic E-state index is 0.0925. The fraction of sp³-hybridized carbons (Fsp3) is 0.588. The van der Waals surface area contributed by atoms with E-state index in [1.165, 1.54) is 0 Å². The summed E-state index contributed by atoms with van der Waals surface area (Å²) in [6, 6.07) is 6.42. The van der Waals surface area contributed by atoms with E-state index >= 15 is 0 Å². The van der Waals surface area contributed by atoms with Crippen LogP contribution >= 0.6 is 0 Å². The van der Waals surface area contributed by atoms with Crippen molar-refractivity contribution in [2.75, 3.05) is 0 Å². The second-order valence-electron chi connectivity index (χ2n) is 6.17. The zero-order valence-corrected chi connectivity index (χ0v) is 12.6. The first-order chi connectivity index (χ1) is 10.1. The van der Waals surface area contributed by atoms with Gasteiger partial charge in [-0.15, -0.1) is 0 Å². The molecule has 2 aliphatic carbocycles. The van der Waals surface area contributed by atoms with Gasteiger partial charge in [0.2, 0.25) is 0 Å². The molecule has 4 heteroatoms. The number of hydrogen-bond acceptors (Lipinski definition) is 4. The predicted octanol–water partition coefficient (Wildman–Crippen LogP) is 3.16. The van der Waals surface area contributed by atoms with Gasteiger partial charge < -0.3 is 5.73 Å². The Kier molecular flexibility index (Phi) is 4.06. The van der Waals surface area contributed by atoms with Crippen LogP contribution in [0.3, 0.4) is 0 Å². The lowest BCUT2D eigenvalue weighted by Crippen LogP contribution is -2.44. The molecular formula is C17H20N4. The first-order valence-corrected chi connectivity index (χ1v) is 7.48. The van der Waals surface area contributed by atoms with E-state index in [2.05, 4.69) is 38.1 Å². The molecule has 2 rings (SSSR count). The Labute approximate surface area is 126 Å². The van der Waals surface area contributed by atoms with Gasteiger partial charge in [0, 0.05) is 5.92 Å². The number of rotatable bonds is 2. The zero-order valence-electron chi connectivity index (χ0n) is 12.6. The van der Waals surface area contributed by atoms with Crippen molar-refractivity contribution < 1.29 is 0 Å². The molecule has 4 nitrogen and oxygen atoms in total. The smallest absolute Gasteiger partial charge is 0.187 e. The Morgan fingerprint density at radius 1 is 1.33 bits per heavy atom. The molecule has 3 atom stereocenters. The average molecular weight is 280 g/mol. The molecule has 108 valence electrons. The lowest BCUT2D eigenvalue weighted by Gasteiger charge is -2.44. The molecule has 0 unspecified atom stereocenters. The highest BCUT2D eigenvalue weighted by molar-refractivity contribution is 5.56. The summed E-state index contributed by atoms with van der Waals surface area (Å²) in [5, 5.41) is 28.8. The summed E-state index contributed by atoms with van der Waals surface area (Å²) in [7, 11) is 0. The number of nitrogens with two attached hydrogens (primary N) is 1. The summed E-state index contributed by atoms with van der Waals surface area (Å²) >= 11 is 0. The van der Waals surface area contributed by atoms with Gasteiger partial charge in [-0.2, -0.15) is 15.8 Å². The van der Waals surface area contributed by atoms with Crippen LogP contribution in [0.5, 0.6) is 0 Å². The second-order valence-corrected chi connectivity index (χ2v) is 6.17. The minimum atomic E-state index is -1.36. The van der Waals surface area contributed by atoms with Gasteiger partial charge in [0.15, 0.2) is 5.41 Å². The Balaban J connectivity index is 2.71. The van der Waals surface area contributed by atoms with Crippen LogP contribution in [0.4, 0.5) is 0 Å².